The Labute approximate surface area is 109 Å². The van der Waals surface area contributed by atoms with Crippen LogP contribution in [0.2, 0.25) is 0 Å². The minimum Gasteiger partial charge on any atom is -0.323 e. The molecule has 0 fully saturated rings. The molecule has 90 valence electrons. The lowest BCUT2D eigenvalue weighted by Crippen LogP contribution is -2.08. The summed E-state index contributed by atoms with van der Waals surface area (Å²) in [7, 11) is 0. The average molecular weight is 295 g/mol. The van der Waals surface area contributed by atoms with Gasteiger partial charge >= 0.3 is 0 Å². The van der Waals surface area contributed by atoms with Gasteiger partial charge in [-0.3, -0.25) is 0 Å². The Kier molecular flexibility index (Phi) is 3.59. The maximum atomic E-state index is 5.92. The lowest BCUT2D eigenvalue weighted by molar-refractivity contribution is 0.670. The molecule has 0 saturated carbocycles. The number of hydrogen-bond donors (Lipinski definition) is 1. The van der Waals surface area contributed by atoms with Crippen molar-refractivity contribution in [2.75, 3.05) is 0 Å². The van der Waals surface area contributed by atoms with Crippen LogP contribution < -0.4 is 5.73 Å². The van der Waals surface area contributed by atoms with Gasteiger partial charge in [0.05, 0.1) is 23.6 Å². The van der Waals surface area contributed by atoms with Gasteiger partial charge in [-0.05, 0) is 37.1 Å². The van der Waals surface area contributed by atoms with Crippen molar-refractivity contribution in [2.24, 2.45) is 5.73 Å². The molecule has 1 aromatic carbocycles. The molecule has 17 heavy (non-hydrogen) atoms. The summed E-state index contributed by atoms with van der Waals surface area (Å²) in [5.74, 6) is 0. The summed E-state index contributed by atoms with van der Waals surface area (Å²) in [4.78, 5) is 0. The maximum Gasteiger partial charge on any atom is 0.0998 e. The molecule has 1 unspecified atom stereocenters. The molecule has 0 spiro atoms. The Morgan fingerprint density at radius 1 is 1.47 bits per heavy atom. The average Bonchev–Trinajstić information content (AvgIpc) is 2.81. The molecule has 1 atom stereocenters. The fourth-order valence-electron chi connectivity index (χ4n) is 1.55. The van der Waals surface area contributed by atoms with Crippen LogP contribution in [-0.4, -0.2) is 15.0 Å². The van der Waals surface area contributed by atoms with Gasteiger partial charge in [-0.25, -0.2) is 4.68 Å². The number of nitrogens with zero attached hydrogens (tertiary/aromatic N) is 3. The number of aromatic nitrogens is 3. The zero-order chi connectivity index (χ0) is 12.4. The molecule has 0 saturated heterocycles. The van der Waals surface area contributed by atoms with Crippen molar-refractivity contribution in [3.63, 3.8) is 0 Å². The Morgan fingerprint density at radius 3 is 2.88 bits per heavy atom. The Bertz CT molecular complexity index is 521. The molecule has 1 heterocycles. The van der Waals surface area contributed by atoms with Crippen LogP contribution in [0.25, 0.3) is 5.69 Å². The smallest absolute Gasteiger partial charge is 0.0998 e. The van der Waals surface area contributed by atoms with Crippen LogP contribution in [0.3, 0.4) is 0 Å². The summed E-state index contributed by atoms with van der Waals surface area (Å²) < 4.78 is 2.84. The monoisotopic (exact) mass is 294 g/mol. The first kappa shape index (κ1) is 12.3. The number of nitrogens with two attached hydrogens (primary N) is 1. The van der Waals surface area contributed by atoms with E-state index in [1.165, 1.54) is 5.56 Å². The van der Waals surface area contributed by atoms with Crippen molar-refractivity contribution in [1.82, 2.24) is 15.0 Å². The highest BCUT2D eigenvalue weighted by Gasteiger charge is 2.09. The van der Waals surface area contributed by atoms with E-state index in [0.29, 0.717) is 0 Å². The number of benzene rings is 1. The number of halogens is 1. The van der Waals surface area contributed by atoms with E-state index in [2.05, 4.69) is 32.3 Å². The number of aryl methyl sites for hydroxylation is 1. The molecule has 0 aliphatic rings. The van der Waals surface area contributed by atoms with Gasteiger partial charge in [-0.2, -0.15) is 0 Å². The lowest BCUT2D eigenvalue weighted by Gasteiger charge is -2.04. The van der Waals surface area contributed by atoms with E-state index >= 15 is 0 Å². The summed E-state index contributed by atoms with van der Waals surface area (Å²) in [5.41, 5.74) is 8.90. The molecule has 1 aromatic heterocycles. The summed E-state index contributed by atoms with van der Waals surface area (Å²) >= 11 is 3.48. The van der Waals surface area contributed by atoms with Gasteiger partial charge in [0.2, 0.25) is 0 Å². The molecular formula is C12H15BrN4. The summed E-state index contributed by atoms with van der Waals surface area (Å²) in [6.45, 7) is 4.08. The van der Waals surface area contributed by atoms with E-state index in [0.717, 1.165) is 22.3 Å². The molecule has 2 N–H and O–H groups in total. The Balaban J connectivity index is 2.33. The van der Waals surface area contributed by atoms with Gasteiger partial charge in [0.15, 0.2) is 0 Å². The highest BCUT2D eigenvalue weighted by Crippen LogP contribution is 2.19. The first-order valence-corrected chi connectivity index (χ1v) is 6.35. The van der Waals surface area contributed by atoms with Crippen LogP contribution in [0, 0.1) is 6.92 Å². The second-order valence-electron chi connectivity index (χ2n) is 4.04. The third-order valence-electron chi connectivity index (χ3n) is 2.74. The number of hydrogen-bond acceptors (Lipinski definition) is 3. The topological polar surface area (TPSA) is 56.7 Å². The highest BCUT2D eigenvalue weighted by molar-refractivity contribution is 9.10. The number of rotatable bonds is 3. The zero-order valence-electron chi connectivity index (χ0n) is 9.89. The van der Waals surface area contributed by atoms with E-state index in [4.69, 9.17) is 5.73 Å². The Hall–Kier alpha value is -1.20. The molecule has 0 aliphatic carbocycles. The molecule has 2 aromatic rings. The molecule has 0 bridgehead atoms. The van der Waals surface area contributed by atoms with Gasteiger partial charge in [-0.15, -0.1) is 5.10 Å². The van der Waals surface area contributed by atoms with E-state index < -0.39 is 0 Å². The normalized spacial score (nSPS) is 12.7. The summed E-state index contributed by atoms with van der Waals surface area (Å²) in [6, 6.07) is 6.01. The minimum atomic E-state index is -0.0414. The predicted molar refractivity (Wildman–Crippen MR) is 71.0 cm³/mol. The van der Waals surface area contributed by atoms with Crippen LogP contribution in [0.15, 0.2) is 28.9 Å². The van der Waals surface area contributed by atoms with Crippen molar-refractivity contribution in [3.8, 4) is 5.69 Å². The van der Waals surface area contributed by atoms with E-state index in [9.17, 15) is 0 Å². The first-order chi connectivity index (χ1) is 8.11. The zero-order valence-corrected chi connectivity index (χ0v) is 11.5. The van der Waals surface area contributed by atoms with E-state index in [1.54, 1.807) is 4.68 Å². The second-order valence-corrected chi connectivity index (χ2v) is 4.89. The Morgan fingerprint density at radius 2 is 2.24 bits per heavy atom. The quantitative estimate of drug-likeness (QED) is 0.947. The van der Waals surface area contributed by atoms with Gasteiger partial charge in [0.1, 0.15) is 0 Å². The van der Waals surface area contributed by atoms with Crippen molar-refractivity contribution >= 4 is 15.9 Å². The molecule has 0 radical (unpaired) electrons. The maximum absolute atomic E-state index is 5.92. The van der Waals surface area contributed by atoms with Gasteiger partial charge < -0.3 is 5.73 Å². The minimum absolute atomic E-state index is 0.0414. The van der Waals surface area contributed by atoms with Crippen LogP contribution >= 0.6 is 15.9 Å². The molecule has 0 amide bonds. The van der Waals surface area contributed by atoms with Crippen molar-refractivity contribution in [2.45, 2.75) is 26.3 Å². The van der Waals surface area contributed by atoms with Gasteiger partial charge in [0, 0.05) is 4.47 Å². The van der Waals surface area contributed by atoms with Crippen molar-refractivity contribution < 1.29 is 0 Å². The predicted octanol–water partition coefficient (Wildman–Crippen LogP) is 2.75. The van der Waals surface area contributed by atoms with Crippen LogP contribution in [0.1, 0.15) is 30.6 Å². The van der Waals surface area contributed by atoms with Crippen molar-refractivity contribution in [3.05, 3.63) is 40.1 Å². The van der Waals surface area contributed by atoms with Crippen LogP contribution in [0.4, 0.5) is 0 Å². The highest BCUT2D eigenvalue weighted by atomic mass is 79.9. The fourth-order valence-corrected chi connectivity index (χ4v) is 1.80. The molecule has 2 rings (SSSR count). The van der Waals surface area contributed by atoms with Crippen LogP contribution in [0.5, 0.6) is 0 Å². The third kappa shape index (κ3) is 2.56. The molecule has 4 nitrogen and oxygen atoms in total. The van der Waals surface area contributed by atoms with E-state index in [-0.39, 0.29) is 6.04 Å². The van der Waals surface area contributed by atoms with Crippen molar-refractivity contribution in [1.29, 1.82) is 0 Å². The standard InChI is InChI=1S/C12H15BrN4/c1-3-11(14)12-7-17(16-15-12)9-4-5-10(13)8(2)6-9/h4-7,11H,3,14H2,1-2H3. The van der Waals surface area contributed by atoms with Gasteiger partial charge in [0.25, 0.3) is 0 Å². The summed E-state index contributed by atoms with van der Waals surface area (Å²) in [5, 5.41) is 8.19. The molecule has 5 heteroatoms. The largest absolute Gasteiger partial charge is 0.323 e. The van der Waals surface area contributed by atoms with Crippen LogP contribution in [-0.2, 0) is 0 Å². The second kappa shape index (κ2) is 4.98. The molecular weight excluding hydrogens is 280 g/mol. The SMILES string of the molecule is CCC(N)c1cn(-c2ccc(Br)c(C)c2)nn1. The third-order valence-corrected chi connectivity index (χ3v) is 3.63. The first-order valence-electron chi connectivity index (χ1n) is 5.56. The molecule has 0 aliphatic heterocycles. The fraction of sp³-hybridized carbons (Fsp3) is 0.333. The van der Waals surface area contributed by atoms with E-state index in [1.807, 2.05) is 32.2 Å². The summed E-state index contributed by atoms with van der Waals surface area (Å²) in [6.07, 6.45) is 2.74. The van der Waals surface area contributed by atoms with Gasteiger partial charge in [-0.1, -0.05) is 28.1 Å². The lowest BCUT2D eigenvalue weighted by atomic mass is 10.2.